The number of carbonyl (C=O) groups is 1. The maximum atomic E-state index is 13.3. The Kier molecular flexibility index (Phi) is 5.83. The number of allylic oxidation sites excluding steroid dienone is 1. The molecule has 0 unspecified atom stereocenters. The molecule has 9 heteroatoms. The maximum Gasteiger partial charge on any atom is 0.332 e. The summed E-state index contributed by atoms with van der Waals surface area (Å²) in [6, 6.07) is 15.8. The number of nitrogen functional groups attached to an aromatic ring is 1. The summed E-state index contributed by atoms with van der Waals surface area (Å²) in [5.74, 6) is -0.102. The summed E-state index contributed by atoms with van der Waals surface area (Å²) >= 11 is 0. The van der Waals surface area contributed by atoms with Crippen molar-refractivity contribution in [3.05, 3.63) is 91.6 Å². The number of hydrogen-bond acceptors (Lipinski definition) is 7. The summed E-state index contributed by atoms with van der Waals surface area (Å²) in [4.78, 5) is 39.2. The van der Waals surface area contributed by atoms with Crippen molar-refractivity contribution < 1.29 is 14.3 Å². The van der Waals surface area contributed by atoms with Gasteiger partial charge in [-0.15, -0.1) is 0 Å². The predicted octanol–water partition coefficient (Wildman–Crippen LogP) is 2.18. The molecule has 0 saturated heterocycles. The highest BCUT2D eigenvalue weighted by Crippen LogP contribution is 2.33. The summed E-state index contributed by atoms with van der Waals surface area (Å²) in [6.07, 6.45) is 1.34. The van der Waals surface area contributed by atoms with Crippen LogP contribution in [0.5, 0.6) is 11.5 Å². The molecule has 9 nitrogen and oxygen atoms in total. The highest BCUT2D eigenvalue weighted by Gasteiger charge is 2.25. The first-order chi connectivity index (χ1) is 15.9. The van der Waals surface area contributed by atoms with Gasteiger partial charge in [0.1, 0.15) is 23.0 Å². The van der Waals surface area contributed by atoms with Crippen LogP contribution in [0.3, 0.4) is 0 Å². The lowest BCUT2D eigenvalue weighted by Gasteiger charge is -2.15. The third-order valence-electron chi connectivity index (χ3n) is 5.27. The van der Waals surface area contributed by atoms with Crippen molar-refractivity contribution >= 4 is 17.7 Å². The van der Waals surface area contributed by atoms with Gasteiger partial charge in [0.2, 0.25) is 12.6 Å². The van der Waals surface area contributed by atoms with Gasteiger partial charge in [0, 0.05) is 6.54 Å². The molecule has 0 atom stereocenters. The van der Waals surface area contributed by atoms with E-state index in [4.69, 9.17) is 15.2 Å². The molecule has 1 aliphatic rings. The van der Waals surface area contributed by atoms with Crippen LogP contribution in [0.15, 0.2) is 63.7 Å². The van der Waals surface area contributed by atoms with Crippen LogP contribution in [0.2, 0.25) is 0 Å². The molecule has 0 bridgehead atoms. The van der Waals surface area contributed by atoms with Crippen LogP contribution >= 0.6 is 0 Å². The molecule has 0 aliphatic carbocycles. The van der Waals surface area contributed by atoms with Crippen molar-refractivity contribution in [3.8, 4) is 17.6 Å². The number of Topliss-reactive ketones (excluding diaryl/α,β-unsaturated/α-hetero) is 1. The molecular formula is C24H20N4O5. The fourth-order valence-electron chi connectivity index (χ4n) is 3.58. The SMILES string of the molecule is CCn1c(=O)c(C(=O)/C(C#N)=C\c2ccc3c(c2)OCO3)c(N)n(Cc2ccccc2)c1=O. The molecule has 1 aromatic heterocycles. The van der Waals surface area contributed by atoms with E-state index in [1.807, 2.05) is 12.1 Å². The van der Waals surface area contributed by atoms with E-state index in [9.17, 15) is 19.6 Å². The first-order valence-electron chi connectivity index (χ1n) is 10.2. The van der Waals surface area contributed by atoms with Crippen molar-refractivity contribution in [3.63, 3.8) is 0 Å². The van der Waals surface area contributed by atoms with Gasteiger partial charge >= 0.3 is 5.69 Å². The average molecular weight is 444 g/mol. The number of ether oxygens (including phenoxy) is 2. The first-order valence-corrected chi connectivity index (χ1v) is 10.2. The summed E-state index contributed by atoms with van der Waals surface area (Å²) in [5, 5.41) is 9.67. The molecule has 2 N–H and O–H groups in total. The van der Waals surface area contributed by atoms with Gasteiger partial charge in [-0.25, -0.2) is 4.79 Å². The molecule has 0 spiro atoms. The van der Waals surface area contributed by atoms with Crippen LogP contribution in [0.4, 0.5) is 5.82 Å². The summed E-state index contributed by atoms with van der Waals surface area (Å²) < 4.78 is 12.7. The van der Waals surface area contributed by atoms with Crippen LogP contribution in [0.1, 0.15) is 28.4 Å². The third kappa shape index (κ3) is 4.02. The summed E-state index contributed by atoms with van der Waals surface area (Å²) in [6.45, 7) is 1.82. The smallest absolute Gasteiger partial charge is 0.332 e. The molecule has 0 fully saturated rings. The van der Waals surface area contributed by atoms with Gasteiger partial charge in [0.25, 0.3) is 5.56 Å². The molecule has 3 aromatic rings. The van der Waals surface area contributed by atoms with Gasteiger partial charge in [0.15, 0.2) is 11.5 Å². The van der Waals surface area contributed by atoms with Crippen LogP contribution < -0.4 is 26.5 Å². The van der Waals surface area contributed by atoms with E-state index in [0.717, 1.165) is 10.1 Å². The first kappa shape index (κ1) is 21.6. The number of aromatic nitrogens is 2. The van der Waals surface area contributed by atoms with E-state index < -0.39 is 22.6 Å². The lowest BCUT2D eigenvalue weighted by atomic mass is 10.0. The quantitative estimate of drug-likeness (QED) is 0.350. The van der Waals surface area contributed by atoms with Crippen LogP contribution in [0, 0.1) is 11.3 Å². The highest BCUT2D eigenvalue weighted by atomic mass is 16.7. The summed E-state index contributed by atoms with van der Waals surface area (Å²) in [5.41, 5.74) is 5.27. The Morgan fingerprint density at radius 1 is 1.12 bits per heavy atom. The van der Waals surface area contributed by atoms with E-state index in [0.29, 0.717) is 17.1 Å². The number of benzene rings is 2. The molecule has 4 rings (SSSR count). The average Bonchev–Trinajstić information content (AvgIpc) is 3.29. The number of nitriles is 1. The molecule has 33 heavy (non-hydrogen) atoms. The summed E-state index contributed by atoms with van der Waals surface area (Å²) in [7, 11) is 0. The van der Waals surface area contributed by atoms with E-state index in [1.165, 1.54) is 10.6 Å². The van der Waals surface area contributed by atoms with Crippen molar-refractivity contribution in [2.45, 2.75) is 20.0 Å². The molecular weight excluding hydrogens is 424 g/mol. The number of fused-ring (bicyclic) bond motifs is 1. The van der Waals surface area contributed by atoms with Gasteiger partial charge in [-0.2, -0.15) is 5.26 Å². The number of carbonyl (C=O) groups excluding carboxylic acids is 1. The predicted molar refractivity (Wildman–Crippen MR) is 121 cm³/mol. The van der Waals surface area contributed by atoms with Crippen molar-refractivity contribution in [2.24, 2.45) is 0 Å². The van der Waals surface area contributed by atoms with Crippen LogP contribution in [-0.4, -0.2) is 21.7 Å². The monoisotopic (exact) mass is 444 g/mol. The van der Waals surface area contributed by atoms with E-state index >= 15 is 0 Å². The van der Waals surface area contributed by atoms with Gasteiger partial charge in [-0.05, 0) is 36.3 Å². The largest absolute Gasteiger partial charge is 0.454 e. The minimum absolute atomic E-state index is 0.0424. The number of anilines is 1. The number of ketones is 1. The topological polar surface area (TPSA) is 129 Å². The van der Waals surface area contributed by atoms with Crippen molar-refractivity contribution in [1.29, 1.82) is 5.26 Å². The Bertz CT molecular complexity index is 1430. The fourth-order valence-corrected chi connectivity index (χ4v) is 3.58. The standard InChI is InChI=1S/C24H20N4O5/c1-2-27-23(30)20(22(26)28(24(27)31)13-15-6-4-3-5-7-15)21(29)17(12-25)10-16-8-9-18-19(11-16)33-14-32-18/h3-11H,2,13-14,26H2,1H3/b17-10-. The molecule has 0 amide bonds. The zero-order chi connectivity index (χ0) is 23.5. The Morgan fingerprint density at radius 3 is 2.55 bits per heavy atom. The zero-order valence-corrected chi connectivity index (χ0v) is 17.8. The second-order valence-electron chi connectivity index (χ2n) is 7.28. The molecule has 2 aromatic carbocycles. The lowest BCUT2D eigenvalue weighted by molar-refractivity contribution is 0.103. The molecule has 0 radical (unpaired) electrons. The number of nitrogens with two attached hydrogens (primary N) is 1. The van der Waals surface area contributed by atoms with E-state index in [2.05, 4.69) is 0 Å². The Morgan fingerprint density at radius 2 is 1.85 bits per heavy atom. The molecule has 2 heterocycles. The number of rotatable bonds is 6. The zero-order valence-electron chi connectivity index (χ0n) is 17.8. The van der Waals surface area contributed by atoms with Crippen LogP contribution in [-0.2, 0) is 13.1 Å². The molecule has 0 saturated carbocycles. The van der Waals surface area contributed by atoms with Crippen molar-refractivity contribution in [1.82, 2.24) is 9.13 Å². The second kappa shape index (κ2) is 8.88. The minimum Gasteiger partial charge on any atom is -0.454 e. The third-order valence-corrected chi connectivity index (χ3v) is 5.27. The Hall–Kier alpha value is -4.58. The Labute approximate surface area is 188 Å². The lowest BCUT2D eigenvalue weighted by Crippen LogP contribution is -2.44. The normalized spacial score (nSPS) is 12.4. The van der Waals surface area contributed by atoms with Crippen molar-refractivity contribution in [2.75, 3.05) is 12.5 Å². The fraction of sp³-hybridized carbons (Fsp3) is 0.167. The van der Waals surface area contributed by atoms with Gasteiger partial charge < -0.3 is 15.2 Å². The maximum absolute atomic E-state index is 13.3. The van der Waals surface area contributed by atoms with Gasteiger partial charge in [-0.3, -0.25) is 18.7 Å². The highest BCUT2D eigenvalue weighted by molar-refractivity contribution is 6.16. The minimum atomic E-state index is -0.860. The van der Waals surface area contributed by atoms with E-state index in [1.54, 1.807) is 49.4 Å². The van der Waals surface area contributed by atoms with Gasteiger partial charge in [-0.1, -0.05) is 36.4 Å². The molecule has 1 aliphatic heterocycles. The van der Waals surface area contributed by atoms with Gasteiger partial charge in [0.05, 0.1) is 6.54 Å². The second-order valence-corrected chi connectivity index (χ2v) is 7.28. The number of nitrogens with zero attached hydrogens (tertiary/aromatic N) is 3. The Balaban J connectivity index is 1.82. The molecule has 166 valence electrons. The number of hydrogen-bond donors (Lipinski definition) is 1. The van der Waals surface area contributed by atoms with Crippen LogP contribution in [0.25, 0.3) is 6.08 Å². The van der Waals surface area contributed by atoms with E-state index in [-0.39, 0.29) is 31.3 Å².